The Morgan fingerprint density at radius 2 is 1.86 bits per heavy atom. The van der Waals surface area contributed by atoms with Gasteiger partial charge in [0.2, 0.25) is 5.88 Å². The van der Waals surface area contributed by atoms with E-state index in [1.807, 2.05) is 20.8 Å². The van der Waals surface area contributed by atoms with Gasteiger partial charge in [0.15, 0.2) is 0 Å². The van der Waals surface area contributed by atoms with Crippen LogP contribution in [-0.2, 0) is 5.41 Å². The van der Waals surface area contributed by atoms with Gasteiger partial charge in [-0.2, -0.15) is 4.98 Å². The SMILES string of the molecule is CC(C)(C)c1nc(NN)cc(Oc2cc(Cl)ccc2Cl)n1. The molecule has 2 aromatic rings. The second-order valence-electron chi connectivity index (χ2n) is 5.49. The molecule has 0 aliphatic carbocycles. The number of benzene rings is 1. The van der Waals surface area contributed by atoms with Crippen LogP contribution in [0, 0.1) is 0 Å². The number of nitrogens with one attached hydrogen (secondary N) is 1. The number of nitrogens with two attached hydrogens (primary N) is 1. The average molecular weight is 327 g/mol. The first-order chi connectivity index (χ1) is 9.79. The zero-order valence-electron chi connectivity index (χ0n) is 11.9. The molecule has 0 bridgehead atoms. The van der Waals surface area contributed by atoms with Gasteiger partial charge in [-0.25, -0.2) is 10.8 Å². The fourth-order valence-electron chi connectivity index (χ4n) is 1.55. The van der Waals surface area contributed by atoms with Crippen LogP contribution >= 0.6 is 23.2 Å². The van der Waals surface area contributed by atoms with E-state index in [9.17, 15) is 0 Å². The number of ether oxygens (including phenoxy) is 1. The third-order valence-electron chi connectivity index (χ3n) is 2.63. The summed E-state index contributed by atoms with van der Waals surface area (Å²) in [4.78, 5) is 8.71. The van der Waals surface area contributed by atoms with Crippen molar-refractivity contribution in [2.24, 2.45) is 5.84 Å². The lowest BCUT2D eigenvalue weighted by Gasteiger charge is -2.18. The molecule has 3 N–H and O–H groups in total. The highest BCUT2D eigenvalue weighted by Crippen LogP contribution is 2.32. The van der Waals surface area contributed by atoms with Crippen LogP contribution in [0.3, 0.4) is 0 Å². The normalized spacial score (nSPS) is 11.3. The Hall–Kier alpha value is -1.56. The second kappa shape index (κ2) is 6.05. The Morgan fingerprint density at radius 3 is 2.48 bits per heavy atom. The molecular formula is C14H16Cl2N4O. The molecule has 0 fully saturated rings. The summed E-state index contributed by atoms with van der Waals surface area (Å²) in [5.41, 5.74) is 2.25. The van der Waals surface area contributed by atoms with Crippen LogP contribution in [0.4, 0.5) is 5.82 Å². The van der Waals surface area contributed by atoms with Gasteiger partial charge >= 0.3 is 0 Å². The summed E-state index contributed by atoms with van der Waals surface area (Å²) in [6.07, 6.45) is 0. The molecule has 2 rings (SSSR count). The molecule has 1 heterocycles. The van der Waals surface area contributed by atoms with Crippen LogP contribution in [-0.4, -0.2) is 9.97 Å². The maximum absolute atomic E-state index is 6.08. The van der Waals surface area contributed by atoms with Crippen molar-refractivity contribution in [3.63, 3.8) is 0 Å². The summed E-state index contributed by atoms with van der Waals surface area (Å²) in [6.45, 7) is 6.00. The van der Waals surface area contributed by atoms with Crippen molar-refractivity contribution in [2.45, 2.75) is 26.2 Å². The minimum Gasteiger partial charge on any atom is -0.437 e. The highest BCUT2D eigenvalue weighted by atomic mass is 35.5. The van der Waals surface area contributed by atoms with Gasteiger partial charge in [0.1, 0.15) is 17.4 Å². The molecule has 112 valence electrons. The van der Waals surface area contributed by atoms with Crippen LogP contribution in [0.1, 0.15) is 26.6 Å². The monoisotopic (exact) mass is 326 g/mol. The van der Waals surface area contributed by atoms with Crippen LogP contribution in [0.2, 0.25) is 10.0 Å². The van der Waals surface area contributed by atoms with Crippen LogP contribution in [0.25, 0.3) is 0 Å². The van der Waals surface area contributed by atoms with Gasteiger partial charge < -0.3 is 10.2 Å². The Morgan fingerprint density at radius 1 is 1.14 bits per heavy atom. The molecule has 0 atom stereocenters. The van der Waals surface area contributed by atoms with E-state index < -0.39 is 0 Å². The largest absolute Gasteiger partial charge is 0.437 e. The highest BCUT2D eigenvalue weighted by molar-refractivity contribution is 6.34. The molecule has 0 unspecified atom stereocenters. The number of nitrogen functional groups attached to an aromatic ring is 1. The van der Waals surface area contributed by atoms with Gasteiger partial charge in [-0.3, -0.25) is 0 Å². The first-order valence-electron chi connectivity index (χ1n) is 6.28. The van der Waals surface area contributed by atoms with Crippen molar-refractivity contribution in [1.82, 2.24) is 9.97 Å². The predicted molar refractivity (Wildman–Crippen MR) is 85.1 cm³/mol. The summed E-state index contributed by atoms with van der Waals surface area (Å²) in [5.74, 6) is 7.26. The van der Waals surface area contributed by atoms with Gasteiger partial charge in [0, 0.05) is 22.6 Å². The summed E-state index contributed by atoms with van der Waals surface area (Å²) < 4.78 is 5.71. The Balaban J connectivity index is 2.42. The zero-order chi connectivity index (χ0) is 15.6. The average Bonchev–Trinajstić information content (AvgIpc) is 2.41. The van der Waals surface area contributed by atoms with E-state index in [1.54, 1.807) is 24.3 Å². The van der Waals surface area contributed by atoms with E-state index in [4.69, 9.17) is 33.8 Å². The fourth-order valence-corrected chi connectivity index (χ4v) is 1.87. The highest BCUT2D eigenvalue weighted by Gasteiger charge is 2.20. The number of rotatable bonds is 3. The van der Waals surface area contributed by atoms with E-state index in [0.717, 1.165) is 0 Å². The topological polar surface area (TPSA) is 73.1 Å². The van der Waals surface area contributed by atoms with Crippen molar-refractivity contribution >= 4 is 29.0 Å². The van der Waals surface area contributed by atoms with E-state index in [-0.39, 0.29) is 5.41 Å². The molecule has 0 aliphatic rings. The van der Waals surface area contributed by atoms with Crippen molar-refractivity contribution in [1.29, 1.82) is 0 Å². The fraction of sp³-hybridized carbons (Fsp3) is 0.286. The molecule has 0 saturated carbocycles. The van der Waals surface area contributed by atoms with Crippen LogP contribution < -0.4 is 16.0 Å². The minimum absolute atomic E-state index is 0.247. The summed E-state index contributed by atoms with van der Waals surface area (Å²) >= 11 is 12.0. The number of aromatic nitrogens is 2. The summed E-state index contributed by atoms with van der Waals surface area (Å²) in [7, 11) is 0. The molecule has 7 heteroatoms. The van der Waals surface area contributed by atoms with Crippen molar-refractivity contribution in [3.05, 3.63) is 40.1 Å². The third-order valence-corrected chi connectivity index (χ3v) is 3.18. The molecule has 1 aromatic heterocycles. The van der Waals surface area contributed by atoms with Gasteiger partial charge in [-0.1, -0.05) is 44.0 Å². The zero-order valence-corrected chi connectivity index (χ0v) is 13.5. The van der Waals surface area contributed by atoms with E-state index >= 15 is 0 Å². The molecule has 0 saturated heterocycles. The summed E-state index contributed by atoms with van der Waals surface area (Å²) in [5, 5.41) is 0.967. The molecule has 0 radical (unpaired) electrons. The van der Waals surface area contributed by atoms with Gasteiger partial charge in [-0.15, -0.1) is 0 Å². The quantitative estimate of drug-likeness (QED) is 0.654. The van der Waals surface area contributed by atoms with Gasteiger partial charge in [0.05, 0.1) is 5.02 Å². The minimum atomic E-state index is -0.247. The van der Waals surface area contributed by atoms with E-state index in [2.05, 4.69) is 15.4 Å². The smallest absolute Gasteiger partial charge is 0.224 e. The molecule has 0 amide bonds. The summed E-state index contributed by atoms with van der Waals surface area (Å²) in [6, 6.07) is 6.56. The van der Waals surface area contributed by atoms with Crippen molar-refractivity contribution in [2.75, 3.05) is 5.43 Å². The Labute approximate surface area is 133 Å². The maximum Gasteiger partial charge on any atom is 0.224 e. The molecule has 21 heavy (non-hydrogen) atoms. The van der Waals surface area contributed by atoms with Crippen LogP contribution in [0.15, 0.2) is 24.3 Å². The molecule has 0 spiro atoms. The molecule has 5 nitrogen and oxygen atoms in total. The number of anilines is 1. The molecule has 1 aromatic carbocycles. The maximum atomic E-state index is 6.08. The van der Waals surface area contributed by atoms with Crippen molar-refractivity contribution in [3.8, 4) is 11.6 Å². The Bertz CT molecular complexity index is 656. The number of hydrazine groups is 1. The number of hydrogen-bond donors (Lipinski definition) is 2. The second-order valence-corrected chi connectivity index (χ2v) is 6.33. The Kier molecular flexibility index (Phi) is 4.56. The first kappa shape index (κ1) is 15.8. The van der Waals surface area contributed by atoms with Crippen molar-refractivity contribution < 1.29 is 4.74 Å². The third kappa shape index (κ3) is 3.97. The molecular weight excluding hydrogens is 311 g/mol. The number of nitrogens with zero attached hydrogens (tertiary/aromatic N) is 2. The van der Waals surface area contributed by atoms with E-state index in [0.29, 0.717) is 33.3 Å². The lowest BCUT2D eigenvalue weighted by atomic mass is 9.96. The van der Waals surface area contributed by atoms with Crippen LogP contribution in [0.5, 0.6) is 11.6 Å². The first-order valence-corrected chi connectivity index (χ1v) is 7.04. The molecule has 0 aliphatic heterocycles. The van der Waals surface area contributed by atoms with Gasteiger partial charge in [0.25, 0.3) is 0 Å². The van der Waals surface area contributed by atoms with E-state index in [1.165, 1.54) is 0 Å². The van der Waals surface area contributed by atoms with Gasteiger partial charge in [-0.05, 0) is 12.1 Å². The lowest BCUT2D eigenvalue weighted by Crippen LogP contribution is -2.19. The number of halogens is 2. The standard InChI is InChI=1S/C14H16Cl2N4O/c1-14(2,3)13-18-11(20-17)7-12(19-13)21-10-6-8(15)4-5-9(10)16/h4-7H,17H2,1-3H3,(H,18,19,20). The lowest BCUT2D eigenvalue weighted by molar-refractivity contribution is 0.446. The predicted octanol–water partition coefficient (Wildman–Crippen LogP) is 4.16. The number of hydrogen-bond acceptors (Lipinski definition) is 5.